The van der Waals surface area contributed by atoms with Crippen LogP contribution in [-0.2, 0) is 4.79 Å². The summed E-state index contributed by atoms with van der Waals surface area (Å²) in [5.74, 6) is -0.232. The first-order valence-electron chi connectivity index (χ1n) is 5.49. The minimum atomic E-state index is -0.522. The van der Waals surface area contributed by atoms with Crippen LogP contribution in [-0.4, -0.2) is 17.1 Å². The van der Waals surface area contributed by atoms with Gasteiger partial charge in [0.1, 0.15) is 12.1 Å². The lowest BCUT2D eigenvalue weighted by Crippen LogP contribution is -2.14. The lowest BCUT2D eigenvalue weighted by molar-refractivity contribution is -0.116. The van der Waals surface area contributed by atoms with Gasteiger partial charge in [0.15, 0.2) is 0 Å². The summed E-state index contributed by atoms with van der Waals surface area (Å²) in [7, 11) is 0. The molecular formula is C13H13N3O2. The van der Waals surface area contributed by atoms with E-state index in [0.29, 0.717) is 12.1 Å². The average molecular weight is 243 g/mol. The highest BCUT2D eigenvalue weighted by Crippen LogP contribution is 2.15. The molecule has 0 saturated heterocycles. The first-order valence-corrected chi connectivity index (χ1v) is 5.49. The van der Waals surface area contributed by atoms with Crippen molar-refractivity contribution in [1.82, 2.24) is 0 Å². The number of aliphatic hydroxyl groups excluding tert-OH is 1. The second-order valence-electron chi connectivity index (χ2n) is 3.92. The average Bonchev–Trinajstić information content (AvgIpc) is 2.36. The van der Waals surface area contributed by atoms with E-state index in [2.05, 4.69) is 5.32 Å². The van der Waals surface area contributed by atoms with Gasteiger partial charge in [-0.25, -0.2) is 0 Å². The Hall–Kier alpha value is -2.37. The van der Waals surface area contributed by atoms with E-state index in [1.54, 1.807) is 13.0 Å². The number of rotatable bonds is 4. The monoisotopic (exact) mass is 243 g/mol. The van der Waals surface area contributed by atoms with Crippen molar-refractivity contribution in [1.29, 1.82) is 10.5 Å². The Kier molecular flexibility index (Phi) is 4.86. The molecule has 1 atom stereocenters. The Balaban J connectivity index is 2.72. The summed E-state index contributed by atoms with van der Waals surface area (Å²) < 4.78 is 0. The van der Waals surface area contributed by atoms with Crippen molar-refractivity contribution in [2.24, 2.45) is 0 Å². The number of carbonyl (C=O) groups excluding carboxylic acids is 1. The van der Waals surface area contributed by atoms with Gasteiger partial charge in [0.25, 0.3) is 0 Å². The minimum Gasteiger partial charge on any atom is -0.393 e. The number of amides is 1. The first kappa shape index (κ1) is 13.7. The maximum atomic E-state index is 11.5. The van der Waals surface area contributed by atoms with Crippen LogP contribution in [0.25, 0.3) is 0 Å². The van der Waals surface area contributed by atoms with Crippen molar-refractivity contribution < 1.29 is 9.90 Å². The van der Waals surface area contributed by atoms with Gasteiger partial charge in [-0.3, -0.25) is 4.79 Å². The molecule has 0 aromatic heterocycles. The summed E-state index contributed by atoms with van der Waals surface area (Å²) in [6.07, 6.45) is 0.0682. The summed E-state index contributed by atoms with van der Waals surface area (Å²) in [4.78, 5) is 11.5. The molecule has 18 heavy (non-hydrogen) atoms. The van der Waals surface area contributed by atoms with Crippen LogP contribution in [0.15, 0.2) is 18.2 Å². The van der Waals surface area contributed by atoms with Crippen LogP contribution >= 0.6 is 0 Å². The number of nitriles is 2. The Morgan fingerprint density at radius 2 is 2.06 bits per heavy atom. The molecule has 0 aliphatic carbocycles. The van der Waals surface area contributed by atoms with E-state index in [-0.39, 0.29) is 23.5 Å². The molecule has 2 N–H and O–H groups in total. The number of hydrogen-bond donors (Lipinski definition) is 2. The normalized spacial score (nSPS) is 11.1. The predicted octanol–water partition coefficient (Wildman–Crippen LogP) is 1.53. The topological polar surface area (TPSA) is 96.9 Å². The fraction of sp³-hybridized carbons (Fsp3) is 0.308. The zero-order valence-electron chi connectivity index (χ0n) is 9.97. The van der Waals surface area contributed by atoms with Crippen LogP contribution in [0.5, 0.6) is 0 Å². The number of nitrogens with zero attached hydrogens (tertiary/aromatic N) is 2. The van der Waals surface area contributed by atoms with E-state index < -0.39 is 6.10 Å². The number of anilines is 1. The molecule has 92 valence electrons. The zero-order valence-corrected chi connectivity index (χ0v) is 9.97. The van der Waals surface area contributed by atoms with Gasteiger partial charge in [-0.1, -0.05) is 0 Å². The number of hydrogen-bond acceptors (Lipinski definition) is 4. The van der Waals surface area contributed by atoms with Crippen LogP contribution in [0, 0.1) is 22.7 Å². The van der Waals surface area contributed by atoms with Crippen LogP contribution in [0.2, 0.25) is 0 Å². The quantitative estimate of drug-likeness (QED) is 0.837. The smallest absolute Gasteiger partial charge is 0.224 e. The molecule has 1 aromatic carbocycles. The molecule has 5 nitrogen and oxygen atoms in total. The second kappa shape index (κ2) is 6.39. The van der Waals surface area contributed by atoms with Crippen molar-refractivity contribution in [2.45, 2.75) is 25.9 Å². The third-order valence-corrected chi connectivity index (χ3v) is 2.33. The highest BCUT2D eigenvalue weighted by atomic mass is 16.3. The maximum absolute atomic E-state index is 11.5. The van der Waals surface area contributed by atoms with E-state index >= 15 is 0 Å². The van der Waals surface area contributed by atoms with E-state index in [1.165, 1.54) is 12.1 Å². The SMILES string of the molecule is CC(O)CCC(=O)Nc1ccc(C#N)c(C#N)c1. The third kappa shape index (κ3) is 3.89. The van der Waals surface area contributed by atoms with Crippen molar-refractivity contribution in [3.8, 4) is 12.1 Å². The Morgan fingerprint density at radius 1 is 1.39 bits per heavy atom. The van der Waals surface area contributed by atoms with Gasteiger partial charge in [0.05, 0.1) is 17.2 Å². The zero-order chi connectivity index (χ0) is 13.5. The van der Waals surface area contributed by atoms with Gasteiger partial charge < -0.3 is 10.4 Å². The molecule has 0 fully saturated rings. The molecular weight excluding hydrogens is 230 g/mol. The summed E-state index contributed by atoms with van der Waals surface area (Å²) in [6.45, 7) is 1.61. The molecule has 0 aliphatic rings. The molecule has 0 radical (unpaired) electrons. The van der Waals surface area contributed by atoms with Gasteiger partial charge in [0.2, 0.25) is 5.91 Å². The lowest BCUT2D eigenvalue weighted by atomic mass is 10.1. The van der Waals surface area contributed by atoms with Crippen LogP contribution in [0.4, 0.5) is 5.69 Å². The highest BCUT2D eigenvalue weighted by molar-refractivity contribution is 5.91. The lowest BCUT2D eigenvalue weighted by Gasteiger charge is -2.07. The van der Waals surface area contributed by atoms with Crippen molar-refractivity contribution in [2.75, 3.05) is 5.32 Å². The maximum Gasteiger partial charge on any atom is 0.224 e. The molecule has 1 amide bonds. The van der Waals surface area contributed by atoms with Crippen molar-refractivity contribution >= 4 is 11.6 Å². The van der Waals surface area contributed by atoms with Gasteiger partial charge in [-0.2, -0.15) is 10.5 Å². The molecule has 0 spiro atoms. The van der Waals surface area contributed by atoms with Crippen LogP contribution in [0.1, 0.15) is 30.9 Å². The van der Waals surface area contributed by atoms with E-state index in [0.717, 1.165) is 0 Å². The Morgan fingerprint density at radius 3 is 2.61 bits per heavy atom. The molecule has 1 aromatic rings. The number of carbonyl (C=O) groups is 1. The minimum absolute atomic E-state index is 0.208. The standard InChI is InChI=1S/C13H13N3O2/c1-9(17)2-5-13(18)16-12-4-3-10(7-14)11(6-12)8-15/h3-4,6,9,17H,2,5H2,1H3,(H,16,18). The van der Waals surface area contributed by atoms with Crippen molar-refractivity contribution in [3.63, 3.8) is 0 Å². The predicted molar refractivity (Wildman–Crippen MR) is 65.4 cm³/mol. The van der Waals surface area contributed by atoms with Gasteiger partial charge in [-0.15, -0.1) is 0 Å². The summed E-state index contributed by atoms with van der Waals surface area (Å²) in [6, 6.07) is 8.31. The largest absolute Gasteiger partial charge is 0.393 e. The number of benzene rings is 1. The van der Waals surface area contributed by atoms with Gasteiger partial charge in [-0.05, 0) is 31.5 Å². The highest BCUT2D eigenvalue weighted by Gasteiger charge is 2.07. The van der Waals surface area contributed by atoms with E-state index in [4.69, 9.17) is 15.6 Å². The first-order chi connectivity index (χ1) is 8.56. The van der Waals surface area contributed by atoms with E-state index in [9.17, 15) is 4.79 Å². The molecule has 5 heteroatoms. The summed E-state index contributed by atoms with van der Waals surface area (Å²) in [5, 5.41) is 29.3. The third-order valence-electron chi connectivity index (χ3n) is 2.33. The fourth-order valence-electron chi connectivity index (χ4n) is 1.38. The molecule has 1 unspecified atom stereocenters. The number of nitrogens with one attached hydrogen (secondary N) is 1. The van der Waals surface area contributed by atoms with Crippen LogP contribution in [0.3, 0.4) is 0 Å². The van der Waals surface area contributed by atoms with Crippen LogP contribution < -0.4 is 5.32 Å². The summed E-state index contributed by atoms with van der Waals surface area (Å²) in [5.41, 5.74) is 0.978. The second-order valence-corrected chi connectivity index (χ2v) is 3.92. The Bertz CT molecular complexity index is 524. The summed E-state index contributed by atoms with van der Waals surface area (Å²) >= 11 is 0. The molecule has 0 saturated carbocycles. The Labute approximate surface area is 105 Å². The van der Waals surface area contributed by atoms with Gasteiger partial charge >= 0.3 is 0 Å². The molecule has 0 bridgehead atoms. The fourth-order valence-corrected chi connectivity index (χ4v) is 1.38. The molecule has 0 heterocycles. The van der Waals surface area contributed by atoms with Crippen molar-refractivity contribution in [3.05, 3.63) is 29.3 Å². The van der Waals surface area contributed by atoms with E-state index in [1.807, 2.05) is 12.1 Å². The molecule has 0 aliphatic heterocycles. The molecule has 1 rings (SSSR count). The van der Waals surface area contributed by atoms with Gasteiger partial charge in [0, 0.05) is 12.1 Å². The number of aliphatic hydroxyl groups is 1.